The number of carbonyl (C=O) groups excluding carboxylic acids is 2. The number of amides is 2. The highest BCUT2D eigenvalue weighted by Crippen LogP contribution is 2.44. The van der Waals surface area contributed by atoms with Gasteiger partial charge in [-0.1, -0.05) is 61.9 Å². The smallest absolute Gasteiger partial charge is 0.407 e. The Morgan fingerprint density at radius 2 is 1.74 bits per heavy atom. The summed E-state index contributed by atoms with van der Waals surface area (Å²) in [5.41, 5.74) is 4.58. The number of benzene rings is 2. The number of alkyl carbamates (subject to hydrolysis) is 1. The third-order valence-electron chi connectivity index (χ3n) is 6.39. The molecule has 1 heterocycles. The van der Waals surface area contributed by atoms with Crippen molar-refractivity contribution >= 4 is 29.7 Å². The molecule has 2 aliphatic rings. The number of carboxylic acid groups (broad SMARTS) is 1. The number of rotatable bonds is 8. The molecule has 2 N–H and O–H groups in total. The zero-order chi connectivity index (χ0) is 24.2. The molecule has 0 radical (unpaired) electrons. The van der Waals surface area contributed by atoms with Crippen LogP contribution >= 0.6 is 11.8 Å². The molecule has 4 rings (SSSR count). The van der Waals surface area contributed by atoms with Gasteiger partial charge in [0.25, 0.3) is 0 Å². The van der Waals surface area contributed by atoms with E-state index < -0.39 is 24.1 Å². The molecule has 1 saturated heterocycles. The number of fused-ring (bicyclic) bond motifs is 3. The van der Waals surface area contributed by atoms with Crippen molar-refractivity contribution < 1.29 is 24.2 Å². The largest absolute Gasteiger partial charge is 0.480 e. The molecule has 180 valence electrons. The van der Waals surface area contributed by atoms with Gasteiger partial charge in [-0.15, -0.1) is 11.8 Å². The predicted molar refractivity (Wildman–Crippen MR) is 132 cm³/mol. The van der Waals surface area contributed by atoms with Crippen molar-refractivity contribution in [2.24, 2.45) is 0 Å². The van der Waals surface area contributed by atoms with Crippen LogP contribution in [0.3, 0.4) is 0 Å². The Morgan fingerprint density at radius 1 is 1.12 bits per heavy atom. The summed E-state index contributed by atoms with van der Waals surface area (Å²) in [6.45, 7) is 3.94. The van der Waals surface area contributed by atoms with E-state index in [0.717, 1.165) is 35.1 Å². The molecule has 1 aliphatic heterocycles. The van der Waals surface area contributed by atoms with E-state index in [4.69, 9.17) is 4.74 Å². The minimum absolute atomic E-state index is 0.0226. The lowest BCUT2D eigenvalue weighted by molar-refractivity contribution is -0.149. The number of carbonyl (C=O) groups is 3. The van der Waals surface area contributed by atoms with Gasteiger partial charge in [0.05, 0.1) is 5.37 Å². The first-order chi connectivity index (χ1) is 16.4. The van der Waals surface area contributed by atoms with Crippen molar-refractivity contribution in [2.45, 2.75) is 56.5 Å². The van der Waals surface area contributed by atoms with Crippen molar-refractivity contribution in [1.29, 1.82) is 0 Å². The van der Waals surface area contributed by atoms with E-state index in [1.807, 2.05) is 31.2 Å². The minimum Gasteiger partial charge on any atom is -0.480 e. The summed E-state index contributed by atoms with van der Waals surface area (Å²) >= 11 is 1.50. The quantitative estimate of drug-likeness (QED) is 0.577. The van der Waals surface area contributed by atoms with E-state index in [1.54, 1.807) is 6.92 Å². The Balaban J connectivity index is 1.34. The summed E-state index contributed by atoms with van der Waals surface area (Å²) in [5.74, 6) is -0.901. The summed E-state index contributed by atoms with van der Waals surface area (Å²) in [7, 11) is 0. The van der Waals surface area contributed by atoms with Crippen LogP contribution in [0.2, 0.25) is 0 Å². The first-order valence-corrected chi connectivity index (χ1v) is 12.7. The van der Waals surface area contributed by atoms with E-state index in [0.29, 0.717) is 5.75 Å². The maximum absolute atomic E-state index is 12.9. The van der Waals surface area contributed by atoms with Crippen molar-refractivity contribution in [3.8, 4) is 11.1 Å². The highest BCUT2D eigenvalue weighted by atomic mass is 32.2. The lowest BCUT2D eigenvalue weighted by Crippen LogP contribution is -2.47. The van der Waals surface area contributed by atoms with Crippen LogP contribution in [0.4, 0.5) is 4.79 Å². The standard InChI is InChI=1S/C26H30N2O5S/c1-3-8-24-28(22(15-34-24)25(30)31)23(29)13-16(2)27-26(32)33-14-21-19-11-6-4-9-17(19)18-10-5-7-12-20(18)21/h4-7,9-12,16,21-22,24H,3,8,13-15H2,1-2H3,(H,27,32)(H,30,31). The molecule has 1 fully saturated rings. The Labute approximate surface area is 203 Å². The summed E-state index contributed by atoms with van der Waals surface area (Å²) in [6, 6.07) is 14.9. The molecule has 1 aliphatic carbocycles. The first-order valence-electron chi connectivity index (χ1n) is 11.7. The van der Waals surface area contributed by atoms with E-state index in [2.05, 4.69) is 29.6 Å². The van der Waals surface area contributed by atoms with E-state index in [9.17, 15) is 19.5 Å². The topological polar surface area (TPSA) is 95.9 Å². The van der Waals surface area contributed by atoms with Gasteiger partial charge in [-0.2, -0.15) is 0 Å². The lowest BCUT2D eigenvalue weighted by atomic mass is 9.98. The zero-order valence-corrected chi connectivity index (χ0v) is 20.2. The van der Waals surface area contributed by atoms with E-state index >= 15 is 0 Å². The van der Waals surface area contributed by atoms with Crippen LogP contribution in [0.5, 0.6) is 0 Å². The average molecular weight is 483 g/mol. The third kappa shape index (κ3) is 4.92. The van der Waals surface area contributed by atoms with Crippen molar-refractivity contribution in [2.75, 3.05) is 12.4 Å². The highest BCUT2D eigenvalue weighted by molar-refractivity contribution is 8.00. The summed E-state index contributed by atoms with van der Waals surface area (Å²) in [4.78, 5) is 38.6. The Morgan fingerprint density at radius 3 is 2.32 bits per heavy atom. The molecular weight excluding hydrogens is 452 g/mol. The second kappa shape index (κ2) is 10.5. The van der Waals surface area contributed by atoms with Crippen LogP contribution in [0, 0.1) is 0 Å². The molecule has 7 nitrogen and oxygen atoms in total. The number of ether oxygens (including phenoxy) is 1. The molecule has 3 atom stereocenters. The third-order valence-corrected chi connectivity index (χ3v) is 7.75. The minimum atomic E-state index is -0.989. The Kier molecular flexibility index (Phi) is 7.46. The summed E-state index contributed by atoms with van der Waals surface area (Å²) in [5, 5.41) is 12.1. The summed E-state index contributed by atoms with van der Waals surface area (Å²) in [6.07, 6.45) is 1.04. The molecular formula is C26H30N2O5S. The number of nitrogens with zero attached hydrogens (tertiary/aromatic N) is 1. The van der Waals surface area contributed by atoms with Crippen LogP contribution in [-0.4, -0.2) is 57.8 Å². The maximum atomic E-state index is 12.9. The van der Waals surface area contributed by atoms with Gasteiger partial charge in [0.2, 0.25) is 5.91 Å². The van der Waals surface area contributed by atoms with Gasteiger partial charge in [-0.25, -0.2) is 9.59 Å². The number of carboxylic acids is 1. The van der Waals surface area contributed by atoms with Crippen molar-refractivity contribution in [1.82, 2.24) is 10.2 Å². The molecule has 34 heavy (non-hydrogen) atoms. The van der Waals surface area contributed by atoms with Gasteiger partial charge in [0.15, 0.2) is 0 Å². The molecule has 0 aromatic heterocycles. The molecule has 2 aromatic carbocycles. The van der Waals surface area contributed by atoms with Crippen molar-refractivity contribution in [3.05, 3.63) is 59.7 Å². The Bertz CT molecular complexity index is 1030. The molecule has 0 bridgehead atoms. The highest BCUT2D eigenvalue weighted by Gasteiger charge is 2.41. The number of hydrogen-bond acceptors (Lipinski definition) is 5. The van der Waals surface area contributed by atoms with Crippen LogP contribution < -0.4 is 5.32 Å². The van der Waals surface area contributed by atoms with Gasteiger partial charge in [0, 0.05) is 24.1 Å². The van der Waals surface area contributed by atoms with Crippen LogP contribution in [-0.2, 0) is 14.3 Å². The predicted octanol–water partition coefficient (Wildman–Crippen LogP) is 4.46. The van der Waals surface area contributed by atoms with Gasteiger partial charge >= 0.3 is 12.1 Å². The number of thioether (sulfide) groups is 1. The van der Waals surface area contributed by atoms with Gasteiger partial charge < -0.3 is 20.1 Å². The SMILES string of the molecule is CCCC1SCC(C(=O)O)N1C(=O)CC(C)NC(=O)OCC1c2ccccc2-c2ccccc21. The second-order valence-electron chi connectivity index (χ2n) is 8.81. The number of aliphatic carboxylic acids is 1. The number of hydrogen-bond donors (Lipinski definition) is 2. The number of nitrogens with one attached hydrogen (secondary N) is 1. The lowest BCUT2D eigenvalue weighted by Gasteiger charge is -2.28. The monoisotopic (exact) mass is 482 g/mol. The fourth-order valence-corrected chi connectivity index (χ4v) is 6.35. The van der Waals surface area contributed by atoms with Crippen LogP contribution in [0.1, 0.15) is 50.2 Å². The molecule has 8 heteroatoms. The normalized spacial score (nSPS) is 19.9. The molecule has 0 saturated carbocycles. The maximum Gasteiger partial charge on any atom is 0.407 e. The fraction of sp³-hybridized carbons (Fsp3) is 0.423. The van der Waals surface area contributed by atoms with Gasteiger partial charge in [-0.05, 0) is 35.6 Å². The average Bonchev–Trinajstić information content (AvgIpc) is 3.37. The van der Waals surface area contributed by atoms with E-state index in [1.165, 1.54) is 16.7 Å². The molecule has 2 aromatic rings. The fourth-order valence-electron chi connectivity index (χ4n) is 4.82. The first kappa shape index (κ1) is 24.1. The van der Waals surface area contributed by atoms with Crippen molar-refractivity contribution in [3.63, 3.8) is 0 Å². The van der Waals surface area contributed by atoms with Gasteiger partial charge in [-0.3, -0.25) is 4.79 Å². The summed E-state index contributed by atoms with van der Waals surface area (Å²) < 4.78 is 5.56. The Hall–Kier alpha value is -3.00. The van der Waals surface area contributed by atoms with E-state index in [-0.39, 0.29) is 30.2 Å². The van der Waals surface area contributed by atoms with Crippen LogP contribution in [0.15, 0.2) is 48.5 Å². The van der Waals surface area contributed by atoms with Gasteiger partial charge in [0.1, 0.15) is 12.6 Å². The molecule has 0 spiro atoms. The second-order valence-corrected chi connectivity index (χ2v) is 10.0. The molecule has 3 unspecified atom stereocenters. The zero-order valence-electron chi connectivity index (χ0n) is 19.4. The molecule has 2 amide bonds. The van der Waals surface area contributed by atoms with Crippen LogP contribution in [0.25, 0.3) is 11.1 Å².